The minimum absolute atomic E-state index is 0.0381. The van der Waals surface area contributed by atoms with Crippen molar-refractivity contribution < 1.29 is 23.6 Å². The Labute approximate surface area is 222 Å². The highest BCUT2D eigenvalue weighted by Gasteiger charge is 2.15. The molecular weight excluding hydrogens is 577 g/mol. The first-order valence-corrected chi connectivity index (χ1v) is 11.8. The van der Waals surface area contributed by atoms with Gasteiger partial charge in [0.05, 0.1) is 18.2 Å². The van der Waals surface area contributed by atoms with E-state index in [1.54, 1.807) is 30.3 Å². The monoisotopic (exact) mass is 591 g/mol. The largest absolute Gasteiger partial charge is 0.493 e. The van der Waals surface area contributed by atoms with Crippen LogP contribution in [0.4, 0.5) is 5.69 Å². The Morgan fingerprint density at radius 3 is 2.69 bits per heavy atom. The Kier molecular flexibility index (Phi) is 7.78. The first kappa shape index (κ1) is 25.5. The Morgan fingerprint density at radius 2 is 1.97 bits per heavy atom. The van der Waals surface area contributed by atoms with Gasteiger partial charge in [-0.15, -0.1) is 0 Å². The lowest BCUT2D eigenvalue weighted by Gasteiger charge is -2.13. The fraction of sp³-hybridized carbons (Fsp3) is 0.0833. The summed E-state index contributed by atoms with van der Waals surface area (Å²) in [7, 11) is 1.50. The Hall–Kier alpha value is -3.60. The standard InChI is InChI=1S/C24H16BrCl2N3O6/c1-34-21-8-15(18(25)10-22(21)35-12-13-2-3-16(26)9-19(13)27)11-28-29-24(31)23-7-14-6-17(30(32)33)4-5-20(14)36-23/h2-11H,12H2,1H3,(H,29,31)/b28-11+. The number of rotatable bonds is 8. The molecule has 3 aromatic carbocycles. The van der Waals surface area contributed by atoms with E-state index >= 15 is 0 Å². The number of benzene rings is 3. The molecule has 0 fully saturated rings. The molecule has 1 amide bonds. The highest BCUT2D eigenvalue weighted by atomic mass is 79.9. The zero-order chi connectivity index (χ0) is 25.8. The lowest BCUT2D eigenvalue weighted by atomic mass is 10.2. The molecule has 12 heteroatoms. The van der Waals surface area contributed by atoms with Crippen LogP contribution in [0, 0.1) is 10.1 Å². The summed E-state index contributed by atoms with van der Waals surface area (Å²) in [5, 5.41) is 16.3. The fourth-order valence-corrected chi connectivity index (χ4v) is 4.08. The van der Waals surface area contributed by atoms with Crippen LogP contribution in [0.15, 0.2) is 68.6 Å². The smallest absolute Gasteiger partial charge is 0.307 e. The maximum atomic E-state index is 12.4. The highest BCUT2D eigenvalue weighted by molar-refractivity contribution is 9.10. The van der Waals surface area contributed by atoms with Gasteiger partial charge in [0.25, 0.3) is 5.69 Å². The van der Waals surface area contributed by atoms with Crippen molar-refractivity contribution in [1.29, 1.82) is 0 Å². The van der Waals surface area contributed by atoms with Crippen molar-refractivity contribution in [2.75, 3.05) is 7.11 Å². The van der Waals surface area contributed by atoms with Gasteiger partial charge in [0, 0.05) is 43.2 Å². The minimum Gasteiger partial charge on any atom is -0.493 e. The molecule has 0 radical (unpaired) electrons. The molecule has 0 atom stereocenters. The first-order chi connectivity index (χ1) is 17.2. The van der Waals surface area contributed by atoms with Crippen LogP contribution in [0.3, 0.4) is 0 Å². The summed E-state index contributed by atoms with van der Waals surface area (Å²) < 4.78 is 17.4. The Bertz CT molecular complexity index is 1500. The van der Waals surface area contributed by atoms with Crippen LogP contribution < -0.4 is 14.9 Å². The molecule has 0 saturated heterocycles. The number of halogens is 3. The second-order valence-corrected chi connectivity index (χ2v) is 9.04. The lowest BCUT2D eigenvalue weighted by Crippen LogP contribution is -2.16. The molecule has 36 heavy (non-hydrogen) atoms. The molecule has 184 valence electrons. The van der Waals surface area contributed by atoms with E-state index in [-0.39, 0.29) is 18.1 Å². The molecule has 9 nitrogen and oxygen atoms in total. The van der Waals surface area contributed by atoms with E-state index < -0.39 is 10.8 Å². The van der Waals surface area contributed by atoms with Gasteiger partial charge in [0.2, 0.25) is 0 Å². The van der Waals surface area contributed by atoms with Crippen LogP contribution >= 0.6 is 39.1 Å². The van der Waals surface area contributed by atoms with Crippen LogP contribution in [-0.2, 0) is 6.61 Å². The summed E-state index contributed by atoms with van der Waals surface area (Å²) in [4.78, 5) is 22.8. The minimum atomic E-state index is -0.618. The highest BCUT2D eigenvalue weighted by Crippen LogP contribution is 2.34. The predicted octanol–water partition coefficient (Wildman–Crippen LogP) is 6.76. The van der Waals surface area contributed by atoms with Crippen LogP contribution in [0.1, 0.15) is 21.7 Å². The number of furan rings is 1. The van der Waals surface area contributed by atoms with E-state index in [9.17, 15) is 14.9 Å². The van der Waals surface area contributed by atoms with E-state index in [2.05, 4.69) is 26.5 Å². The molecule has 4 aromatic rings. The van der Waals surface area contributed by atoms with Crippen molar-refractivity contribution in [3.05, 3.63) is 96.1 Å². The van der Waals surface area contributed by atoms with Crippen molar-refractivity contribution in [3.63, 3.8) is 0 Å². The molecular formula is C24H16BrCl2N3O6. The number of nitrogens with one attached hydrogen (secondary N) is 1. The van der Waals surface area contributed by atoms with E-state index in [1.807, 2.05) is 0 Å². The molecule has 0 unspecified atom stereocenters. The molecule has 0 bridgehead atoms. The summed E-state index contributed by atoms with van der Waals surface area (Å²) in [6.07, 6.45) is 1.41. The van der Waals surface area contributed by atoms with Gasteiger partial charge in [-0.2, -0.15) is 5.10 Å². The van der Waals surface area contributed by atoms with E-state index in [0.717, 1.165) is 5.56 Å². The Balaban J connectivity index is 1.45. The second kappa shape index (κ2) is 11.0. The summed E-state index contributed by atoms with van der Waals surface area (Å²) in [5.74, 6) is 0.250. The third-order valence-corrected chi connectivity index (χ3v) is 6.26. The number of hydrogen-bond donors (Lipinski definition) is 1. The lowest BCUT2D eigenvalue weighted by molar-refractivity contribution is -0.384. The van der Waals surface area contributed by atoms with Crippen molar-refractivity contribution >= 4 is 67.9 Å². The topological polar surface area (TPSA) is 116 Å². The fourth-order valence-electron chi connectivity index (χ4n) is 3.19. The number of carbonyl (C=O) groups excluding carboxylic acids is 1. The molecule has 4 rings (SSSR count). The zero-order valence-electron chi connectivity index (χ0n) is 18.5. The molecule has 1 heterocycles. The summed E-state index contributed by atoms with van der Waals surface area (Å²) in [5.41, 5.74) is 3.97. The van der Waals surface area contributed by atoms with Gasteiger partial charge in [0.15, 0.2) is 17.3 Å². The van der Waals surface area contributed by atoms with Crippen LogP contribution in [-0.4, -0.2) is 24.2 Å². The van der Waals surface area contributed by atoms with Crippen LogP contribution in [0.2, 0.25) is 10.0 Å². The number of nitro benzene ring substituents is 1. The van der Waals surface area contributed by atoms with Gasteiger partial charge in [-0.3, -0.25) is 14.9 Å². The quantitative estimate of drug-likeness (QED) is 0.137. The van der Waals surface area contributed by atoms with Crippen molar-refractivity contribution in [2.45, 2.75) is 6.61 Å². The third kappa shape index (κ3) is 5.78. The number of methoxy groups -OCH3 is 1. The molecule has 0 aliphatic rings. The van der Waals surface area contributed by atoms with Crippen LogP contribution in [0.5, 0.6) is 11.5 Å². The number of amides is 1. The number of carbonyl (C=O) groups is 1. The summed E-state index contributed by atoms with van der Waals surface area (Å²) in [6, 6.07) is 14.0. The normalized spacial score (nSPS) is 11.1. The molecule has 0 spiro atoms. The summed E-state index contributed by atoms with van der Waals surface area (Å²) >= 11 is 15.6. The van der Waals surface area contributed by atoms with Gasteiger partial charge < -0.3 is 13.9 Å². The number of hydrazone groups is 1. The van der Waals surface area contributed by atoms with Crippen molar-refractivity contribution in [3.8, 4) is 11.5 Å². The molecule has 0 saturated carbocycles. The Morgan fingerprint density at radius 1 is 1.17 bits per heavy atom. The molecule has 1 aromatic heterocycles. The number of nitro groups is 1. The van der Waals surface area contributed by atoms with Gasteiger partial charge in [-0.05, 0) is 52.3 Å². The maximum absolute atomic E-state index is 12.4. The molecule has 1 N–H and O–H groups in total. The number of hydrogen-bond acceptors (Lipinski definition) is 7. The number of fused-ring (bicyclic) bond motifs is 1. The number of nitrogens with zero attached hydrogens (tertiary/aromatic N) is 2. The van der Waals surface area contributed by atoms with Gasteiger partial charge >= 0.3 is 5.91 Å². The second-order valence-electron chi connectivity index (χ2n) is 7.34. The van der Waals surface area contributed by atoms with E-state index in [1.165, 1.54) is 37.6 Å². The van der Waals surface area contributed by atoms with Gasteiger partial charge in [0.1, 0.15) is 12.2 Å². The number of ether oxygens (including phenoxy) is 2. The van der Waals surface area contributed by atoms with E-state index in [0.29, 0.717) is 42.5 Å². The molecule has 0 aliphatic heterocycles. The van der Waals surface area contributed by atoms with Crippen molar-refractivity contribution in [2.24, 2.45) is 5.10 Å². The van der Waals surface area contributed by atoms with Gasteiger partial charge in [-0.1, -0.05) is 29.3 Å². The number of non-ortho nitro benzene ring substituents is 1. The third-order valence-electron chi connectivity index (χ3n) is 4.99. The van der Waals surface area contributed by atoms with Crippen molar-refractivity contribution in [1.82, 2.24) is 5.43 Å². The first-order valence-electron chi connectivity index (χ1n) is 10.2. The average molecular weight is 593 g/mol. The average Bonchev–Trinajstić information content (AvgIpc) is 3.28. The summed E-state index contributed by atoms with van der Waals surface area (Å²) in [6.45, 7) is 0.197. The van der Waals surface area contributed by atoms with E-state index in [4.69, 9.17) is 37.1 Å². The zero-order valence-corrected chi connectivity index (χ0v) is 21.6. The SMILES string of the molecule is COc1cc(/C=N/NC(=O)c2cc3cc([N+](=O)[O-])ccc3o2)c(Br)cc1OCc1ccc(Cl)cc1Cl. The molecule has 0 aliphatic carbocycles. The van der Waals surface area contributed by atoms with Crippen LogP contribution in [0.25, 0.3) is 11.0 Å². The van der Waals surface area contributed by atoms with Gasteiger partial charge in [-0.25, -0.2) is 5.43 Å². The predicted molar refractivity (Wildman–Crippen MR) is 139 cm³/mol. The maximum Gasteiger partial charge on any atom is 0.307 e.